The second-order valence-corrected chi connectivity index (χ2v) is 4.72. The molecule has 0 saturated heterocycles. The molecule has 0 spiro atoms. The van der Waals surface area contributed by atoms with Gasteiger partial charge in [-0.1, -0.05) is 11.6 Å². The van der Waals surface area contributed by atoms with Crippen molar-refractivity contribution in [3.05, 3.63) is 34.3 Å². The van der Waals surface area contributed by atoms with E-state index >= 15 is 0 Å². The van der Waals surface area contributed by atoms with Gasteiger partial charge >= 0.3 is 5.97 Å². The van der Waals surface area contributed by atoms with Crippen LogP contribution in [0.5, 0.6) is 5.75 Å². The molecule has 0 aliphatic rings. The predicted octanol–water partition coefficient (Wildman–Crippen LogP) is 3.26. The van der Waals surface area contributed by atoms with Gasteiger partial charge in [0.15, 0.2) is 10.0 Å². The van der Waals surface area contributed by atoms with Crippen molar-refractivity contribution in [2.24, 2.45) is 0 Å². The molecule has 0 aliphatic heterocycles. The number of thiazole rings is 1. The number of nitrogens with zero attached hydrogens (tertiary/aromatic N) is 1. The highest BCUT2D eigenvalue weighted by atomic mass is 35.5. The molecule has 0 saturated carbocycles. The van der Waals surface area contributed by atoms with Crippen molar-refractivity contribution in [3.63, 3.8) is 0 Å². The summed E-state index contributed by atoms with van der Waals surface area (Å²) in [5.41, 5.74) is 0.873. The number of hydrogen-bond donors (Lipinski definition) is 0. The van der Waals surface area contributed by atoms with Crippen LogP contribution >= 0.6 is 22.9 Å². The van der Waals surface area contributed by atoms with E-state index in [1.54, 1.807) is 7.11 Å². The van der Waals surface area contributed by atoms with Gasteiger partial charge < -0.3 is 9.47 Å². The van der Waals surface area contributed by atoms with E-state index in [9.17, 15) is 4.79 Å². The van der Waals surface area contributed by atoms with Crippen LogP contribution < -0.4 is 4.74 Å². The molecule has 0 unspecified atom stereocenters. The van der Waals surface area contributed by atoms with Gasteiger partial charge in [-0.15, -0.1) is 11.3 Å². The lowest BCUT2D eigenvalue weighted by atomic mass is 10.2. The van der Waals surface area contributed by atoms with Crippen LogP contribution in [-0.4, -0.2) is 25.2 Å². The van der Waals surface area contributed by atoms with Crippen molar-refractivity contribution in [2.45, 2.75) is 0 Å². The summed E-state index contributed by atoms with van der Waals surface area (Å²) in [7, 11) is 2.91. The molecule has 1 aromatic carbocycles. The maximum Gasteiger partial charge on any atom is 0.351 e. The fourth-order valence-electron chi connectivity index (χ4n) is 1.38. The van der Waals surface area contributed by atoms with Crippen LogP contribution in [0.2, 0.25) is 5.15 Å². The summed E-state index contributed by atoms with van der Waals surface area (Å²) in [5, 5.41) is 0.834. The number of hydrogen-bond acceptors (Lipinski definition) is 5. The summed E-state index contributed by atoms with van der Waals surface area (Å²) in [4.78, 5) is 15.9. The highest BCUT2D eigenvalue weighted by Gasteiger charge is 2.17. The second-order valence-electron chi connectivity index (χ2n) is 3.36. The Balaban J connectivity index is 2.36. The average Bonchev–Trinajstić information content (AvgIpc) is 2.80. The highest BCUT2D eigenvalue weighted by Crippen LogP contribution is 2.32. The normalized spacial score (nSPS) is 10.2. The third kappa shape index (κ3) is 2.47. The largest absolute Gasteiger partial charge is 0.497 e. The minimum Gasteiger partial charge on any atom is -0.497 e. The molecule has 4 nitrogen and oxygen atoms in total. The maximum absolute atomic E-state index is 11.4. The molecular weight excluding hydrogens is 274 g/mol. The second kappa shape index (κ2) is 5.37. The number of carbonyl (C=O) groups is 1. The third-order valence-electron chi connectivity index (χ3n) is 2.29. The van der Waals surface area contributed by atoms with Gasteiger partial charge in [0.25, 0.3) is 0 Å². The summed E-state index contributed by atoms with van der Waals surface area (Å²) in [5.74, 6) is 0.284. The molecular formula is C12H10ClNO3S. The zero-order chi connectivity index (χ0) is 13.1. The van der Waals surface area contributed by atoms with Crippen LogP contribution in [0.25, 0.3) is 10.6 Å². The lowest BCUT2D eigenvalue weighted by Gasteiger charge is -1.99. The van der Waals surface area contributed by atoms with E-state index in [2.05, 4.69) is 9.72 Å². The van der Waals surface area contributed by atoms with Crippen molar-refractivity contribution in [3.8, 4) is 16.3 Å². The first-order valence-corrected chi connectivity index (χ1v) is 6.24. The molecule has 2 aromatic rings. The number of benzene rings is 1. The van der Waals surface area contributed by atoms with Crippen molar-refractivity contribution >= 4 is 28.9 Å². The van der Waals surface area contributed by atoms with Crippen LogP contribution in [0.3, 0.4) is 0 Å². The summed E-state index contributed by atoms with van der Waals surface area (Å²) in [6.07, 6.45) is 0. The number of methoxy groups -OCH3 is 2. The van der Waals surface area contributed by atoms with E-state index in [1.165, 1.54) is 18.4 Å². The number of halogens is 1. The quantitative estimate of drug-likeness (QED) is 0.811. The van der Waals surface area contributed by atoms with Gasteiger partial charge in [0.2, 0.25) is 0 Å². The Labute approximate surface area is 113 Å². The first-order valence-electron chi connectivity index (χ1n) is 5.04. The van der Waals surface area contributed by atoms with Crippen LogP contribution in [0.4, 0.5) is 0 Å². The van der Waals surface area contributed by atoms with Crippen LogP contribution in [0, 0.1) is 0 Å². The van der Waals surface area contributed by atoms with Crippen LogP contribution in [0.15, 0.2) is 24.3 Å². The smallest absolute Gasteiger partial charge is 0.351 e. The minimum absolute atomic E-state index is 0.165. The van der Waals surface area contributed by atoms with Gasteiger partial charge in [-0.25, -0.2) is 9.78 Å². The molecule has 0 radical (unpaired) electrons. The zero-order valence-corrected chi connectivity index (χ0v) is 11.3. The van der Waals surface area contributed by atoms with E-state index in [1.807, 2.05) is 24.3 Å². The van der Waals surface area contributed by atoms with Gasteiger partial charge in [-0.2, -0.15) is 0 Å². The first kappa shape index (κ1) is 12.9. The van der Waals surface area contributed by atoms with E-state index in [4.69, 9.17) is 16.3 Å². The molecule has 6 heteroatoms. The lowest BCUT2D eigenvalue weighted by Crippen LogP contribution is -1.98. The standard InChI is InChI=1S/C12H10ClNO3S/c1-16-8-5-3-7(4-6-8)11-14-10(13)9(18-11)12(15)17-2/h3-6H,1-2H3. The van der Waals surface area contributed by atoms with Gasteiger partial charge in [-0.05, 0) is 24.3 Å². The molecule has 0 N–H and O–H groups in total. The molecule has 1 aromatic heterocycles. The molecule has 1 heterocycles. The Bertz CT molecular complexity index is 565. The SMILES string of the molecule is COC(=O)c1sc(-c2ccc(OC)cc2)nc1Cl. The van der Waals surface area contributed by atoms with E-state index in [-0.39, 0.29) is 5.15 Å². The Kier molecular flexibility index (Phi) is 3.84. The molecule has 0 aliphatic carbocycles. The third-order valence-corrected chi connectivity index (χ3v) is 3.76. The molecule has 0 atom stereocenters. The van der Waals surface area contributed by atoms with Gasteiger partial charge in [0.1, 0.15) is 10.8 Å². The minimum atomic E-state index is -0.475. The van der Waals surface area contributed by atoms with Crippen molar-refractivity contribution in [1.82, 2.24) is 4.98 Å². The maximum atomic E-state index is 11.4. The number of esters is 1. The Morgan fingerprint density at radius 2 is 1.94 bits per heavy atom. The number of ether oxygens (including phenoxy) is 2. The first-order chi connectivity index (χ1) is 8.65. The molecule has 0 bridgehead atoms. The Morgan fingerprint density at radius 3 is 2.50 bits per heavy atom. The molecule has 18 heavy (non-hydrogen) atoms. The Morgan fingerprint density at radius 1 is 1.28 bits per heavy atom. The molecule has 0 amide bonds. The fraction of sp³-hybridized carbons (Fsp3) is 0.167. The monoisotopic (exact) mass is 283 g/mol. The van der Waals surface area contributed by atoms with Gasteiger partial charge in [0, 0.05) is 5.56 Å². The van der Waals surface area contributed by atoms with Crippen molar-refractivity contribution in [2.75, 3.05) is 14.2 Å². The van der Waals surface area contributed by atoms with Gasteiger partial charge in [0.05, 0.1) is 14.2 Å². The number of aromatic nitrogens is 1. The van der Waals surface area contributed by atoms with E-state index in [0.717, 1.165) is 11.3 Å². The van der Waals surface area contributed by atoms with Crippen molar-refractivity contribution < 1.29 is 14.3 Å². The van der Waals surface area contributed by atoms with E-state index < -0.39 is 5.97 Å². The fourth-order valence-corrected chi connectivity index (χ4v) is 2.59. The topological polar surface area (TPSA) is 48.4 Å². The van der Waals surface area contributed by atoms with Crippen LogP contribution in [0.1, 0.15) is 9.67 Å². The molecule has 94 valence electrons. The summed E-state index contributed by atoms with van der Waals surface area (Å²) in [6, 6.07) is 7.36. The Hall–Kier alpha value is -1.59. The van der Waals surface area contributed by atoms with Crippen LogP contribution in [-0.2, 0) is 4.74 Å². The average molecular weight is 284 g/mol. The predicted molar refractivity (Wildman–Crippen MR) is 70.5 cm³/mol. The summed E-state index contributed by atoms with van der Waals surface area (Å²) in [6.45, 7) is 0. The van der Waals surface area contributed by atoms with E-state index in [0.29, 0.717) is 9.88 Å². The molecule has 2 rings (SSSR count). The summed E-state index contributed by atoms with van der Waals surface area (Å²) >= 11 is 7.10. The zero-order valence-electron chi connectivity index (χ0n) is 9.77. The summed E-state index contributed by atoms with van der Waals surface area (Å²) < 4.78 is 9.70. The lowest BCUT2D eigenvalue weighted by molar-refractivity contribution is 0.0606. The number of carbonyl (C=O) groups excluding carboxylic acids is 1. The van der Waals surface area contributed by atoms with Crippen molar-refractivity contribution in [1.29, 1.82) is 0 Å². The molecule has 0 fully saturated rings. The highest BCUT2D eigenvalue weighted by molar-refractivity contribution is 7.17. The van der Waals surface area contributed by atoms with Gasteiger partial charge in [-0.3, -0.25) is 0 Å². The number of rotatable bonds is 3.